The second-order valence-corrected chi connectivity index (χ2v) is 6.76. The zero-order valence-electron chi connectivity index (χ0n) is 15.5. The first-order chi connectivity index (χ1) is 13.9. The summed E-state index contributed by atoms with van der Waals surface area (Å²) in [5, 5.41) is 2.43. The summed E-state index contributed by atoms with van der Waals surface area (Å²) >= 11 is 0. The lowest BCUT2D eigenvalue weighted by Crippen LogP contribution is -2.44. The fourth-order valence-corrected chi connectivity index (χ4v) is 3.34. The van der Waals surface area contributed by atoms with Crippen LogP contribution in [0.15, 0.2) is 42.7 Å². The normalized spacial score (nSPS) is 16.5. The van der Waals surface area contributed by atoms with E-state index in [1.807, 2.05) is 0 Å². The van der Waals surface area contributed by atoms with E-state index in [1.165, 1.54) is 35.5 Å². The number of benzene rings is 1. The molecule has 29 heavy (non-hydrogen) atoms. The van der Waals surface area contributed by atoms with Crippen LogP contribution in [0, 0.1) is 0 Å². The molecule has 2 heterocycles. The van der Waals surface area contributed by atoms with E-state index in [-0.39, 0.29) is 22.9 Å². The Kier molecular flexibility index (Phi) is 6.16. The quantitative estimate of drug-likeness (QED) is 0.767. The molecule has 0 aliphatic carbocycles. The summed E-state index contributed by atoms with van der Waals surface area (Å²) in [6.07, 6.45) is 2.22. The predicted molar refractivity (Wildman–Crippen MR) is 101 cm³/mol. The number of hydrogen-bond acceptors (Lipinski definition) is 4. The SMILES string of the molecule is NC(=O)c1cncc(NC(=O)C(=O)N2CCCC[C@H]2c2ccc(C(F)F)cc2)c1. The molecule has 0 spiro atoms. The van der Waals surface area contributed by atoms with E-state index in [0.717, 1.165) is 12.8 Å². The number of nitrogens with zero attached hydrogens (tertiary/aromatic N) is 2. The van der Waals surface area contributed by atoms with Crippen LogP contribution < -0.4 is 11.1 Å². The van der Waals surface area contributed by atoms with Gasteiger partial charge in [-0.1, -0.05) is 24.3 Å². The van der Waals surface area contributed by atoms with Crippen molar-refractivity contribution in [3.8, 4) is 0 Å². The monoisotopic (exact) mass is 402 g/mol. The first-order valence-electron chi connectivity index (χ1n) is 9.11. The average molecular weight is 402 g/mol. The van der Waals surface area contributed by atoms with Crippen LogP contribution in [0.2, 0.25) is 0 Å². The van der Waals surface area contributed by atoms with Gasteiger partial charge in [0.2, 0.25) is 5.91 Å². The molecule has 3 rings (SSSR count). The van der Waals surface area contributed by atoms with E-state index in [2.05, 4.69) is 10.3 Å². The number of carbonyl (C=O) groups excluding carboxylic acids is 3. The number of piperidine rings is 1. The average Bonchev–Trinajstić information content (AvgIpc) is 2.73. The van der Waals surface area contributed by atoms with E-state index < -0.39 is 24.1 Å². The minimum atomic E-state index is -2.57. The van der Waals surface area contributed by atoms with Crippen LogP contribution in [0.4, 0.5) is 14.5 Å². The Bertz CT molecular complexity index is 918. The summed E-state index contributed by atoms with van der Waals surface area (Å²) < 4.78 is 25.6. The number of halogens is 2. The molecule has 9 heteroatoms. The molecule has 1 aromatic carbocycles. The highest BCUT2D eigenvalue weighted by Gasteiger charge is 2.32. The van der Waals surface area contributed by atoms with Crippen molar-refractivity contribution >= 4 is 23.4 Å². The summed E-state index contributed by atoms with van der Waals surface area (Å²) in [4.78, 5) is 41.7. The van der Waals surface area contributed by atoms with Gasteiger partial charge in [-0.2, -0.15) is 0 Å². The molecule has 152 valence electrons. The van der Waals surface area contributed by atoms with Crippen LogP contribution in [-0.4, -0.2) is 34.2 Å². The lowest BCUT2D eigenvalue weighted by molar-refractivity contribution is -0.145. The Morgan fingerprint density at radius 3 is 2.52 bits per heavy atom. The Morgan fingerprint density at radius 2 is 1.86 bits per heavy atom. The van der Waals surface area contributed by atoms with Gasteiger partial charge in [0.1, 0.15) is 0 Å². The van der Waals surface area contributed by atoms with Crippen molar-refractivity contribution in [1.82, 2.24) is 9.88 Å². The highest BCUT2D eigenvalue weighted by molar-refractivity contribution is 6.39. The summed E-state index contributed by atoms with van der Waals surface area (Å²) in [6.45, 7) is 0.382. The smallest absolute Gasteiger partial charge is 0.313 e. The molecule has 1 aliphatic heterocycles. The van der Waals surface area contributed by atoms with Crippen molar-refractivity contribution in [3.63, 3.8) is 0 Å². The number of anilines is 1. The third-order valence-electron chi connectivity index (χ3n) is 4.81. The van der Waals surface area contributed by atoms with Gasteiger partial charge in [-0.25, -0.2) is 8.78 Å². The van der Waals surface area contributed by atoms with Crippen LogP contribution in [0.25, 0.3) is 0 Å². The number of alkyl halides is 2. The van der Waals surface area contributed by atoms with E-state index >= 15 is 0 Å². The molecule has 1 saturated heterocycles. The number of pyridine rings is 1. The zero-order chi connectivity index (χ0) is 21.0. The number of nitrogens with two attached hydrogens (primary N) is 1. The van der Waals surface area contributed by atoms with Gasteiger partial charge in [0.15, 0.2) is 0 Å². The lowest BCUT2D eigenvalue weighted by atomic mass is 9.94. The molecule has 1 atom stereocenters. The number of likely N-dealkylation sites (tertiary alicyclic amines) is 1. The van der Waals surface area contributed by atoms with Gasteiger partial charge in [-0.15, -0.1) is 0 Å². The van der Waals surface area contributed by atoms with Crippen LogP contribution in [0.1, 0.15) is 53.2 Å². The van der Waals surface area contributed by atoms with Crippen molar-refractivity contribution < 1.29 is 23.2 Å². The van der Waals surface area contributed by atoms with Gasteiger partial charge in [-0.3, -0.25) is 19.4 Å². The molecule has 0 unspecified atom stereocenters. The first kappa shape index (κ1) is 20.4. The highest BCUT2D eigenvalue weighted by atomic mass is 19.3. The molecule has 1 fully saturated rings. The maximum atomic E-state index is 12.8. The highest BCUT2D eigenvalue weighted by Crippen LogP contribution is 2.32. The van der Waals surface area contributed by atoms with Gasteiger partial charge in [-0.05, 0) is 30.9 Å². The molecule has 7 nitrogen and oxygen atoms in total. The minimum absolute atomic E-state index is 0.0954. The summed E-state index contributed by atoms with van der Waals surface area (Å²) in [7, 11) is 0. The Balaban J connectivity index is 1.75. The fraction of sp³-hybridized carbons (Fsp3) is 0.300. The van der Waals surface area contributed by atoms with E-state index in [9.17, 15) is 23.2 Å². The lowest BCUT2D eigenvalue weighted by Gasteiger charge is -2.35. The molecule has 1 aliphatic rings. The number of hydrogen-bond donors (Lipinski definition) is 2. The number of amides is 3. The molecule has 3 N–H and O–H groups in total. The third-order valence-corrected chi connectivity index (χ3v) is 4.81. The molecule has 0 bridgehead atoms. The fourth-order valence-electron chi connectivity index (χ4n) is 3.34. The molecule has 2 aromatic rings. The Hall–Kier alpha value is -3.36. The minimum Gasteiger partial charge on any atom is -0.366 e. The third kappa shape index (κ3) is 4.74. The zero-order valence-corrected chi connectivity index (χ0v) is 15.5. The van der Waals surface area contributed by atoms with E-state index in [4.69, 9.17) is 5.73 Å². The topological polar surface area (TPSA) is 105 Å². The van der Waals surface area contributed by atoms with Crippen LogP contribution in [0.5, 0.6) is 0 Å². The largest absolute Gasteiger partial charge is 0.366 e. The summed E-state index contributed by atoms with van der Waals surface area (Å²) in [5.41, 5.74) is 6.07. The standard InChI is InChI=1S/C20H20F2N4O3/c21-17(22)13-6-4-12(5-7-13)16-3-1-2-8-26(16)20(29)19(28)25-15-9-14(18(23)27)10-24-11-15/h4-7,9-11,16-17H,1-3,8H2,(H2,23,27)(H,25,28)/t16-/m0/s1. The van der Waals surface area contributed by atoms with Gasteiger partial charge in [0.05, 0.1) is 23.5 Å². The molecular weight excluding hydrogens is 382 g/mol. The molecule has 0 radical (unpaired) electrons. The first-order valence-corrected chi connectivity index (χ1v) is 9.11. The van der Waals surface area contributed by atoms with Crippen molar-refractivity contribution in [2.45, 2.75) is 31.7 Å². The Labute approximate surface area is 165 Å². The van der Waals surface area contributed by atoms with Crippen molar-refractivity contribution in [1.29, 1.82) is 0 Å². The van der Waals surface area contributed by atoms with Gasteiger partial charge < -0.3 is 16.0 Å². The summed E-state index contributed by atoms with van der Waals surface area (Å²) in [5.74, 6) is -2.31. The maximum Gasteiger partial charge on any atom is 0.313 e. The number of nitrogens with one attached hydrogen (secondary N) is 1. The van der Waals surface area contributed by atoms with Crippen molar-refractivity contribution in [2.24, 2.45) is 5.73 Å². The van der Waals surface area contributed by atoms with Crippen molar-refractivity contribution in [3.05, 3.63) is 59.4 Å². The Morgan fingerprint density at radius 1 is 1.14 bits per heavy atom. The number of primary amides is 1. The molecule has 0 saturated carbocycles. The van der Waals surface area contributed by atoms with E-state index in [1.54, 1.807) is 12.1 Å². The van der Waals surface area contributed by atoms with Crippen LogP contribution in [0.3, 0.4) is 0 Å². The maximum absolute atomic E-state index is 12.8. The van der Waals surface area contributed by atoms with Crippen molar-refractivity contribution in [2.75, 3.05) is 11.9 Å². The number of aromatic nitrogens is 1. The second kappa shape index (κ2) is 8.76. The van der Waals surface area contributed by atoms with Gasteiger partial charge >= 0.3 is 11.8 Å². The number of carbonyl (C=O) groups is 3. The van der Waals surface area contributed by atoms with Gasteiger partial charge in [0.25, 0.3) is 6.43 Å². The predicted octanol–water partition coefficient (Wildman–Crippen LogP) is 2.81. The second-order valence-electron chi connectivity index (χ2n) is 6.76. The van der Waals surface area contributed by atoms with Crippen LogP contribution >= 0.6 is 0 Å². The molecule has 1 aromatic heterocycles. The number of rotatable bonds is 4. The van der Waals surface area contributed by atoms with Gasteiger partial charge in [0, 0.05) is 18.3 Å². The molecular formula is C20H20F2N4O3. The summed E-state index contributed by atoms with van der Waals surface area (Å²) in [6, 6.07) is 6.75. The van der Waals surface area contributed by atoms with E-state index in [0.29, 0.717) is 18.5 Å². The van der Waals surface area contributed by atoms with Crippen LogP contribution in [-0.2, 0) is 9.59 Å². The molecule has 3 amide bonds.